The molecule has 0 radical (unpaired) electrons. The van der Waals surface area contributed by atoms with Crippen LogP contribution in [0.5, 0.6) is 0 Å². The van der Waals surface area contributed by atoms with E-state index in [0.29, 0.717) is 0 Å². The summed E-state index contributed by atoms with van der Waals surface area (Å²) < 4.78 is 0. The molecule has 0 fully saturated rings. The fraction of sp³-hybridized carbons (Fsp3) is 0.176. The first-order valence-electron chi connectivity index (χ1n) is 6.99. The molecule has 0 atom stereocenters. The molecule has 0 aliphatic heterocycles. The fourth-order valence-corrected chi connectivity index (χ4v) is 2.30. The predicted octanol–water partition coefficient (Wildman–Crippen LogP) is 3.50. The van der Waals surface area contributed by atoms with E-state index in [1.807, 2.05) is 24.3 Å². The monoisotopic (exact) mass is 278 g/mol. The van der Waals surface area contributed by atoms with E-state index in [1.54, 1.807) is 17.2 Å². The Bertz CT molecular complexity index is 715. The lowest BCUT2D eigenvalue weighted by Crippen LogP contribution is -2.02. The van der Waals surface area contributed by atoms with Gasteiger partial charge in [0.1, 0.15) is 0 Å². The lowest BCUT2D eigenvalue weighted by atomic mass is 10.1. The number of hydrogen-bond acceptors (Lipinski definition) is 3. The van der Waals surface area contributed by atoms with Crippen molar-refractivity contribution in [2.75, 3.05) is 5.32 Å². The molecule has 21 heavy (non-hydrogen) atoms. The zero-order valence-corrected chi connectivity index (χ0v) is 12.2. The van der Waals surface area contributed by atoms with Gasteiger partial charge in [-0.1, -0.05) is 23.8 Å². The van der Waals surface area contributed by atoms with Crippen LogP contribution in [-0.4, -0.2) is 15.0 Å². The normalized spacial score (nSPS) is 10.6. The van der Waals surface area contributed by atoms with E-state index >= 15 is 0 Å². The zero-order valence-electron chi connectivity index (χ0n) is 12.2. The van der Waals surface area contributed by atoms with Crippen molar-refractivity contribution in [1.82, 2.24) is 15.0 Å². The number of nitrogens with one attached hydrogen (secondary N) is 1. The molecule has 0 saturated heterocycles. The van der Waals surface area contributed by atoms with Crippen molar-refractivity contribution in [2.45, 2.75) is 20.4 Å². The van der Waals surface area contributed by atoms with Crippen LogP contribution in [0.4, 0.5) is 5.69 Å². The lowest BCUT2D eigenvalue weighted by Gasteiger charge is -2.10. The van der Waals surface area contributed by atoms with Crippen LogP contribution in [0.3, 0.4) is 0 Å². The van der Waals surface area contributed by atoms with Crippen LogP contribution in [0.25, 0.3) is 5.69 Å². The number of aryl methyl sites for hydroxylation is 2. The van der Waals surface area contributed by atoms with Gasteiger partial charge in [0, 0.05) is 12.2 Å². The topological polar surface area (TPSA) is 42.7 Å². The van der Waals surface area contributed by atoms with Gasteiger partial charge in [-0.05, 0) is 49.2 Å². The molecule has 3 rings (SSSR count). The van der Waals surface area contributed by atoms with Gasteiger partial charge in [0.25, 0.3) is 0 Å². The Balaban J connectivity index is 1.68. The van der Waals surface area contributed by atoms with Crippen molar-refractivity contribution >= 4 is 5.69 Å². The van der Waals surface area contributed by atoms with E-state index in [2.05, 4.69) is 47.6 Å². The third kappa shape index (κ3) is 3.11. The minimum absolute atomic E-state index is 0.825. The molecule has 1 heterocycles. The van der Waals surface area contributed by atoms with Gasteiger partial charge in [-0.3, -0.25) is 0 Å². The molecule has 106 valence electrons. The molecule has 0 aliphatic carbocycles. The molecule has 4 heteroatoms. The first-order valence-corrected chi connectivity index (χ1v) is 6.99. The molecule has 1 N–H and O–H groups in total. The molecule has 0 saturated carbocycles. The number of hydrogen-bond donors (Lipinski definition) is 1. The van der Waals surface area contributed by atoms with Crippen molar-refractivity contribution in [1.29, 1.82) is 0 Å². The average molecular weight is 278 g/mol. The summed E-state index contributed by atoms with van der Waals surface area (Å²) in [5.74, 6) is 0. The summed E-state index contributed by atoms with van der Waals surface area (Å²) in [5, 5.41) is 11.7. The molecule has 0 amide bonds. The van der Waals surface area contributed by atoms with Crippen LogP contribution in [0.1, 0.15) is 16.7 Å². The summed E-state index contributed by atoms with van der Waals surface area (Å²) in [5.41, 5.74) is 5.98. The summed E-state index contributed by atoms with van der Waals surface area (Å²) >= 11 is 0. The zero-order chi connectivity index (χ0) is 14.7. The Morgan fingerprint density at radius 2 is 1.67 bits per heavy atom. The molecule has 0 spiro atoms. The number of aromatic nitrogens is 3. The summed E-state index contributed by atoms with van der Waals surface area (Å²) in [6.45, 7) is 5.09. The minimum Gasteiger partial charge on any atom is -0.381 e. The first-order chi connectivity index (χ1) is 10.2. The van der Waals surface area contributed by atoms with Gasteiger partial charge >= 0.3 is 0 Å². The van der Waals surface area contributed by atoms with Gasteiger partial charge in [0.2, 0.25) is 0 Å². The smallest absolute Gasteiger partial charge is 0.0858 e. The Morgan fingerprint density at radius 3 is 2.33 bits per heavy atom. The highest BCUT2D eigenvalue weighted by atomic mass is 15.5. The highest BCUT2D eigenvalue weighted by Gasteiger charge is 2.00. The van der Waals surface area contributed by atoms with E-state index in [0.717, 1.165) is 17.9 Å². The first kappa shape index (κ1) is 13.4. The van der Waals surface area contributed by atoms with Crippen LogP contribution in [-0.2, 0) is 6.54 Å². The number of benzene rings is 2. The molecule has 1 aromatic heterocycles. The van der Waals surface area contributed by atoms with E-state index < -0.39 is 0 Å². The Hall–Kier alpha value is -2.62. The van der Waals surface area contributed by atoms with Gasteiger partial charge < -0.3 is 5.32 Å². The van der Waals surface area contributed by atoms with Crippen LogP contribution < -0.4 is 5.32 Å². The molecule has 0 bridgehead atoms. The quantitative estimate of drug-likeness (QED) is 0.794. The van der Waals surface area contributed by atoms with Crippen molar-refractivity contribution < 1.29 is 0 Å². The van der Waals surface area contributed by atoms with Crippen LogP contribution >= 0.6 is 0 Å². The Morgan fingerprint density at radius 1 is 0.952 bits per heavy atom. The number of anilines is 1. The predicted molar refractivity (Wildman–Crippen MR) is 84.6 cm³/mol. The molecular weight excluding hydrogens is 260 g/mol. The van der Waals surface area contributed by atoms with Gasteiger partial charge in [-0.15, -0.1) is 0 Å². The second kappa shape index (κ2) is 5.79. The van der Waals surface area contributed by atoms with E-state index in [4.69, 9.17) is 0 Å². The standard InChI is InChI=1S/C17H18N4/c1-13-3-4-15(14(2)11-13)12-18-16-5-7-17(8-6-16)21-19-9-10-20-21/h3-11,18H,12H2,1-2H3. The third-order valence-corrected chi connectivity index (χ3v) is 3.50. The summed E-state index contributed by atoms with van der Waals surface area (Å²) in [7, 11) is 0. The van der Waals surface area contributed by atoms with Gasteiger partial charge in [0.05, 0.1) is 18.1 Å². The maximum Gasteiger partial charge on any atom is 0.0858 e. The highest BCUT2D eigenvalue weighted by Crippen LogP contribution is 2.15. The Kier molecular flexibility index (Phi) is 3.69. The molecular formula is C17H18N4. The van der Waals surface area contributed by atoms with E-state index in [-0.39, 0.29) is 0 Å². The van der Waals surface area contributed by atoms with Crippen LogP contribution in [0.2, 0.25) is 0 Å². The fourth-order valence-electron chi connectivity index (χ4n) is 2.30. The van der Waals surface area contributed by atoms with Gasteiger partial charge in [-0.25, -0.2) is 0 Å². The molecule has 0 unspecified atom stereocenters. The van der Waals surface area contributed by atoms with Crippen molar-refractivity contribution in [3.05, 3.63) is 71.5 Å². The van der Waals surface area contributed by atoms with Gasteiger partial charge in [-0.2, -0.15) is 15.0 Å². The average Bonchev–Trinajstić information content (AvgIpc) is 3.01. The van der Waals surface area contributed by atoms with E-state index in [1.165, 1.54) is 16.7 Å². The number of rotatable bonds is 4. The molecule has 2 aromatic carbocycles. The lowest BCUT2D eigenvalue weighted by molar-refractivity contribution is 0.752. The summed E-state index contributed by atoms with van der Waals surface area (Å²) in [6, 6.07) is 14.6. The second-order valence-electron chi connectivity index (χ2n) is 5.15. The van der Waals surface area contributed by atoms with Crippen molar-refractivity contribution in [3.8, 4) is 5.69 Å². The van der Waals surface area contributed by atoms with Crippen LogP contribution in [0, 0.1) is 13.8 Å². The van der Waals surface area contributed by atoms with Crippen LogP contribution in [0.15, 0.2) is 54.9 Å². The maximum absolute atomic E-state index is 4.11. The molecule has 0 aliphatic rings. The molecule has 3 aromatic rings. The minimum atomic E-state index is 0.825. The maximum atomic E-state index is 4.11. The van der Waals surface area contributed by atoms with Crippen molar-refractivity contribution in [2.24, 2.45) is 0 Å². The third-order valence-electron chi connectivity index (χ3n) is 3.50. The summed E-state index contributed by atoms with van der Waals surface area (Å²) in [6.07, 6.45) is 3.35. The second-order valence-corrected chi connectivity index (χ2v) is 5.15. The van der Waals surface area contributed by atoms with Crippen molar-refractivity contribution in [3.63, 3.8) is 0 Å². The highest BCUT2D eigenvalue weighted by molar-refractivity contribution is 5.49. The van der Waals surface area contributed by atoms with Gasteiger partial charge in [0.15, 0.2) is 0 Å². The Labute approximate surface area is 124 Å². The molecule has 4 nitrogen and oxygen atoms in total. The number of nitrogens with zero attached hydrogens (tertiary/aromatic N) is 3. The summed E-state index contributed by atoms with van der Waals surface area (Å²) in [4.78, 5) is 1.61. The largest absolute Gasteiger partial charge is 0.381 e. The SMILES string of the molecule is Cc1ccc(CNc2ccc(-n3nccn3)cc2)c(C)c1. The van der Waals surface area contributed by atoms with E-state index in [9.17, 15) is 0 Å².